The molecular formula is C46H52N6O6S2. The maximum Gasteiger partial charge on any atom is 0.328 e. The van der Waals surface area contributed by atoms with E-state index in [0.717, 1.165) is 55.2 Å². The number of carbonyl (C=O) groups is 4. The molecule has 0 radical (unpaired) electrons. The van der Waals surface area contributed by atoms with Gasteiger partial charge in [0.1, 0.15) is 12.1 Å². The topological polar surface area (TPSA) is 166 Å². The van der Waals surface area contributed by atoms with Gasteiger partial charge in [0.25, 0.3) is 0 Å². The molecule has 6 rings (SSSR count). The third-order valence-corrected chi connectivity index (χ3v) is 12.8. The molecule has 0 bridgehead atoms. The van der Waals surface area contributed by atoms with Crippen LogP contribution in [0.15, 0.2) is 109 Å². The Morgan fingerprint density at radius 3 is 1.32 bits per heavy atom. The first-order valence-electron chi connectivity index (χ1n) is 19.8. The molecule has 0 unspecified atom stereocenters. The third-order valence-electron chi connectivity index (χ3n) is 10.3. The summed E-state index contributed by atoms with van der Waals surface area (Å²) in [6.45, 7) is 4.88. The highest BCUT2D eigenvalue weighted by Gasteiger charge is 2.30. The van der Waals surface area contributed by atoms with Gasteiger partial charge in [-0.05, 0) is 48.2 Å². The van der Waals surface area contributed by atoms with Crippen molar-refractivity contribution in [3.8, 4) is 0 Å². The lowest BCUT2D eigenvalue weighted by Crippen LogP contribution is -2.52. The van der Waals surface area contributed by atoms with Gasteiger partial charge in [0, 0.05) is 71.6 Å². The first-order valence-corrected chi connectivity index (χ1v) is 22.3. The van der Waals surface area contributed by atoms with E-state index in [1.54, 1.807) is 0 Å². The van der Waals surface area contributed by atoms with Gasteiger partial charge in [0.05, 0.1) is 26.3 Å². The SMILES string of the molecule is COC(=O)[C@H](Cc1c[nH]c2ccccc12)NC(=O)[C@H](CSSC[C@H](NCc1ccc(C)cc1)C(=O)N[C@@H](Cc1c[nH]c2ccccc12)C(=O)OC)NCc1ccc(C)cc1. The Labute approximate surface area is 358 Å². The molecule has 4 atom stereocenters. The fraction of sp³-hybridized carbons (Fsp3) is 0.304. The summed E-state index contributed by atoms with van der Waals surface area (Å²) < 4.78 is 10.3. The van der Waals surface area contributed by atoms with Crippen LogP contribution in [0.1, 0.15) is 33.4 Å². The molecule has 0 saturated heterocycles. The molecule has 6 N–H and O–H groups in total. The van der Waals surface area contributed by atoms with E-state index in [-0.39, 0.29) is 24.7 Å². The highest BCUT2D eigenvalue weighted by molar-refractivity contribution is 8.76. The smallest absolute Gasteiger partial charge is 0.328 e. The van der Waals surface area contributed by atoms with E-state index in [0.29, 0.717) is 24.6 Å². The minimum atomic E-state index is -0.922. The van der Waals surface area contributed by atoms with Gasteiger partial charge in [-0.25, -0.2) is 9.59 Å². The van der Waals surface area contributed by atoms with Crippen LogP contribution in [-0.2, 0) is 54.6 Å². The second kappa shape index (κ2) is 21.6. The molecule has 2 amide bonds. The van der Waals surface area contributed by atoms with Crippen LogP contribution in [0.5, 0.6) is 0 Å². The van der Waals surface area contributed by atoms with Crippen molar-refractivity contribution in [3.05, 3.63) is 143 Å². The molecule has 0 aliphatic carbocycles. The van der Waals surface area contributed by atoms with Crippen LogP contribution in [0.4, 0.5) is 0 Å². The summed E-state index contributed by atoms with van der Waals surface area (Å²) in [5.41, 5.74) is 7.90. The predicted octanol–water partition coefficient (Wildman–Crippen LogP) is 6.07. The predicted molar refractivity (Wildman–Crippen MR) is 240 cm³/mol. The molecule has 4 aromatic carbocycles. The number of benzene rings is 4. The number of esters is 2. The maximum atomic E-state index is 14.1. The first kappa shape index (κ1) is 44.0. The normalized spacial score (nSPS) is 13.3. The minimum absolute atomic E-state index is 0.241. The van der Waals surface area contributed by atoms with E-state index < -0.39 is 36.1 Å². The number of nitrogens with one attached hydrogen (secondary N) is 6. The minimum Gasteiger partial charge on any atom is -0.467 e. The largest absolute Gasteiger partial charge is 0.467 e. The molecule has 0 saturated carbocycles. The van der Waals surface area contributed by atoms with Crippen molar-refractivity contribution in [2.75, 3.05) is 25.7 Å². The second-order valence-corrected chi connectivity index (χ2v) is 17.3. The van der Waals surface area contributed by atoms with Crippen LogP contribution < -0.4 is 21.3 Å². The van der Waals surface area contributed by atoms with E-state index in [9.17, 15) is 19.2 Å². The van der Waals surface area contributed by atoms with Crippen molar-refractivity contribution in [1.82, 2.24) is 31.2 Å². The van der Waals surface area contributed by atoms with Gasteiger partial charge in [0.2, 0.25) is 11.8 Å². The zero-order chi connectivity index (χ0) is 42.4. The number of fused-ring (bicyclic) bond motifs is 2. The van der Waals surface area contributed by atoms with Gasteiger partial charge in [-0.1, -0.05) is 118 Å². The highest BCUT2D eigenvalue weighted by Crippen LogP contribution is 2.25. The van der Waals surface area contributed by atoms with Crippen molar-refractivity contribution < 1.29 is 28.7 Å². The lowest BCUT2D eigenvalue weighted by Gasteiger charge is -2.23. The van der Waals surface area contributed by atoms with Crippen molar-refractivity contribution in [2.24, 2.45) is 0 Å². The Kier molecular flexibility index (Phi) is 15.9. The third kappa shape index (κ3) is 12.0. The zero-order valence-electron chi connectivity index (χ0n) is 34.2. The fourth-order valence-electron chi connectivity index (χ4n) is 6.84. The average molecular weight is 849 g/mol. The number of para-hydroxylation sites is 2. The number of aryl methyl sites for hydroxylation is 2. The van der Waals surface area contributed by atoms with Crippen molar-refractivity contribution >= 4 is 67.1 Å². The Morgan fingerprint density at radius 1 is 0.550 bits per heavy atom. The number of rotatable bonds is 21. The summed E-state index contributed by atoms with van der Waals surface area (Å²) in [7, 11) is 5.49. The number of aromatic amines is 2. The number of hydrogen-bond acceptors (Lipinski definition) is 10. The van der Waals surface area contributed by atoms with Gasteiger partial charge in [-0.3, -0.25) is 9.59 Å². The Balaban J connectivity index is 1.15. The lowest BCUT2D eigenvalue weighted by molar-refractivity contribution is -0.145. The summed E-state index contributed by atoms with van der Waals surface area (Å²) in [5, 5.41) is 14.6. The fourth-order valence-corrected chi connectivity index (χ4v) is 9.23. The second-order valence-electron chi connectivity index (χ2n) is 14.7. The molecule has 0 aliphatic heterocycles. The Bertz CT molecular complexity index is 2200. The molecule has 2 aromatic heterocycles. The van der Waals surface area contributed by atoms with Crippen molar-refractivity contribution in [3.63, 3.8) is 0 Å². The number of aromatic nitrogens is 2. The van der Waals surface area contributed by atoms with E-state index in [4.69, 9.17) is 9.47 Å². The van der Waals surface area contributed by atoms with Crippen molar-refractivity contribution in [2.45, 2.75) is 63.9 Å². The number of methoxy groups -OCH3 is 2. The van der Waals surface area contributed by atoms with E-state index in [1.165, 1.54) is 35.8 Å². The lowest BCUT2D eigenvalue weighted by atomic mass is 10.0. The number of carbonyl (C=O) groups excluding carboxylic acids is 4. The summed E-state index contributed by atoms with van der Waals surface area (Å²) in [6.07, 6.45) is 4.18. The van der Waals surface area contributed by atoms with Gasteiger partial charge >= 0.3 is 11.9 Å². The highest BCUT2D eigenvalue weighted by atomic mass is 33.1. The number of amides is 2. The molecule has 60 heavy (non-hydrogen) atoms. The van der Waals surface area contributed by atoms with Gasteiger partial charge < -0.3 is 40.7 Å². The molecule has 14 heteroatoms. The van der Waals surface area contributed by atoms with Crippen LogP contribution in [0.2, 0.25) is 0 Å². The summed E-state index contributed by atoms with van der Waals surface area (Å²) in [6, 6.07) is 28.5. The summed E-state index contributed by atoms with van der Waals surface area (Å²) >= 11 is 0. The van der Waals surface area contributed by atoms with Crippen LogP contribution >= 0.6 is 21.6 Å². The maximum absolute atomic E-state index is 14.1. The molecule has 314 valence electrons. The van der Waals surface area contributed by atoms with E-state index >= 15 is 0 Å². The zero-order valence-corrected chi connectivity index (χ0v) is 35.8. The van der Waals surface area contributed by atoms with Gasteiger partial charge in [-0.2, -0.15) is 0 Å². The van der Waals surface area contributed by atoms with E-state index in [1.807, 2.05) is 123 Å². The Morgan fingerprint density at radius 2 is 0.933 bits per heavy atom. The monoisotopic (exact) mass is 848 g/mol. The molecule has 2 heterocycles. The number of hydrogen-bond donors (Lipinski definition) is 6. The molecule has 0 aliphatic rings. The first-order chi connectivity index (χ1) is 29.1. The average Bonchev–Trinajstić information content (AvgIpc) is 3.88. The summed E-state index contributed by atoms with van der Waals surface area (Å²) in [4.78, 5) is 60.7. The standard InChI is InChI=1S/C46H52N6O6S2/c1-29-13-17-31(18-14-29)23-47-41(43(53)51-39(45(55)57-3)21-33-25-49-37-11-7-5-9-35(33)37)27-59-60-28-42(48-24-32-19-15-30(2)16-20-32)44(54)52-40(46(56)58-4)22-34-26-50-38-12-8-6-10-36(34)38/h5-20,25-26,39-42,47-50H,21-24,27-28H2,1-4H3,(H,51,53)(H,52,54)/t39-,40-,41-,42-/m0/s1. The van der Waals surface area contributed by atoms with Crippen molar-refractivity contribution in [1.29, 1.82) is 0 Å². The number of ether oxygens (including phenoxy) is 2. The molecular weight excluding hydrogens is 797 g/mol. The molecule has 12 nitrogen and oxygen atoms in total. The molecule has 6 aromatic rings. The number of H-pyrrole nitrogens is 2. The Hall–Kier alpha value is -5.54. The molecule has 0 fully saturated rings. The van der Waals surface area contributed by atoms with Crippen LogP contribution in [-0.4, -0.2) is 83.6 Å². The van der Waals surface area contributed by atoms with Gasteiger partial charge in [-0.15, -0.1) is 0 Å². The van der Waals surface area contributed by atoms with Crippen LogP contribution in [0.25, 0.3) is 21.8 Å². The van der Waals surface area contributed by atoms with Crippen LogP contribution in [0.3, 0.4) is 0 Å². The van der Waals surface area contributed by atoms with Crippen LogP contribution in [0, 0.1) is 13.8 Å². The molecule has 0 spiro atoms. The van der Waals surface area contributed by atoms with Gasteiger partial charge in [0.15, 0.2) is 0 Å². The van der Waals surface area contributed by atoms with E-state index in [2.05, 4.69) is 31.2 Å². The quantitative estimate of drug-likeness (QED) is 0.0285. The summed E-state index contributed by atoms with van der Waals surface area (Å²) in [5.74, 6) is -1.15.